The first-order valence-electron chi connectivity index (χ1n) is 5.60. The predicted molar refractivity (Wildman–Crippen MR) is 70.9 cm³/mol. The third kappa shape index (κ3) is 2.18. The Morgan fingerprint density at radius 3 is 2.81 bits per heavy atom. The lowest BCUT2D eigenvalue weighted by atomic mass is 10.0. The molecule has 2 N–H and O–H groups in total. The number of rotatable bonds is 3. The van der Waals surface area contributed by atoms with Crippen molar-refractivity contribution in [1.82, 2.24) is 0 Å². The Morgan fingerprint density at radius 2 is 2.12 bits per heavy atom. The quantitative estimate of drug-likeness (QED) is 0.857. The second kappa shape index (κ2) is 4.81. The minimum absolute atomic E-state index is 0.0230. The topological polar surface area (TPSA) is 26.0 Å². The van der Waals surface area contributed by atoms with Crippen LogP contribution in [0.25, 0.3) is 0 Å². The van der Waals surface area contributed by atoms with Crippen LogP contribution in [0, 0.1) is 6.92 Å². The molecule has 1 unspecified atom stereocenters. The molecule has 2 aromatic rings. The average molecular weight is 231 g/mol. The predicted octanol–water partition coefficient (Wildman–Crippen LogP) is 3.67. The largest absolute Gasteiger partial charge is 0.320 e. The minimum Gasteiger partial charge on any atom is -0.320 e. The van der Waals surface area contributed by atoms with Crippen LogP contribution in [0.3, 0.4) is 0 Å². The van der Waals surface area contributed by atoms with Crippen molar-refractivity contribution in [2.45, 2.75) is 26.3 Å². The molecule has 1 aromatic carbocycles. The second-order valence-electron chi connectivity index (χ2n) is 4.06. The van der Waals surface area contributed by atoms with E-state index in [0.29, 0.717) is 0 Å². The molecule has 0 aliphatic carbocycles. The van der Waals surface area contributed by atoms with E-state index in [9.17, 15) is 0 Å². The summed E-state index contributed by atoms with van der Waals surface area (Å²) >= 11 is 1.76. The number of benzene rings is 1. The molecule has 0 amide bonds. The molecular weight excluding hydrogens is 214 g/mol. The van der Waals surface area contributed by atoms with Crippen molar-refractivity contribution in [2.24, 2.45) is 5.73 Å². The summed E-state index contributed by atoms with van der Waals surface area (Å²) in [6.07, 6.45) is 1.05. The molecule has 2 rings (SSSR count). The fourth-order valence-corrected chi connectivity index (χ4v) is 2.95. The monoisotopic (exact) mass is 231 g/mol. The number of thiophene rings is 1. The van der Waals surface area contributed by atoms with Crippen molar-refractivity contribution >= 4 is 11.3 Å². The molecule has 0 radical (unpaired) electrons. The Morgan fingerprint density at radius 1 is 1.31 bits per heavy atom. The maximum Gasteiger partial charge on any atom is 0.0648 e. The van der Waals surface area contributed by atoms with Crippen LogP contribution < -0.4 is 5.73 Å². The molecule has 84 valence electrons. The van der Waals surface area contributed by atoms with Gasteiger partial charge in [-0.05, 0) is 35.9 Å². The maximum absolute atomic E-state index is 6.32. The molecule has 16 heavy (non-hydrogen) atoms. The van der Waals surface area contributed by atoms with Gasteiger partial charge < -0.3 is 5.73 Å². The number of aryl methyl sites for hydroxylation is 2. The summed E-state index contributed by atoms with van der Waals surface area (Å²) in [5.74, 6) is 0. The Kier molecular flexibility index (Phi) is 3.42. The molecule has 2 heteroatoms. The smallest absolute Gasteiger partial charge is 0.0648 e. The van der Waals surface area contributed by atoms with Crippen LogP contribution in [0.15, 0.2) is 35.7 Å². The molecule has 0 saturated heterocycles. The van der Waals surface area contributed by atoms with Crippen molar-refractivity contribution < 1.29 is 0 Å². The van der Waals surface area contributed by atoms with Crippen molar-refractivity contribution in [1.29, 1.82) is 0 Å². The van der Waals surface area contributed by atoms with E-state index in [1.807, 2.05) is 0 Å². The Bertz CT molecular complexity index is 473. The second-order valence-corrected chi connectivity index (χ2v) is 5.00. The van der Waals surface area contributed by atoms with E-state index < -0.39 is 0 Å². The summed E-state index contributed by atoms with van der Waals surface area (Å²) in [7, 11) is 0. The van der Waals surface area contributed by atoms with Crippen LogP contribution in [0.1, 0.15) is 34.5 Å². The number of hydrogen-bond acceptors (Lipinski definition) is 2. The summed E-state index contributed by atoms with van der Waals surface area (Å²) in [5, 5.41) is 2.13. The van der Waals surface area contributed by atoms with Gasteiger partial charge in [-0.15, -0.1) is 11.3 Å². The zero-order chi connectivity index (χ0) is 11.5. The molecule has 0 bridgehead atoms. The highest BCUT2D eigenvalue weighted by atomic mass is 32.1. The zero-order valence-electron chi connectivity index (χ0n) is 9.73. The normalized spacial score (nSPS) is 12.7. The van der Waals surface area contributed by atoms with Gasteiger partial charge in [0.2, 0.25) is 0 Å². The first-order chi connectivity index (χ1) is 7.72. The first-order valence-corrected chi connectivity index (χ1v) is 6.48. The van der Waals surface area contributed by atoms with Crippen LogP contribution >= 0.6 is 11.3 Å². The van der Waals surface area contributed by atoms with Crippen LogP contribution in [-0.4, -0.2) is 0 Å². The van der Waals surface area contributed by atoms with Gasteiger partial charge in [0.15, 0.2) is 0 Å². The molecule has 0 saturated carbocycles. The first kappa shape index (κ1) is 11.4. The Labute approximate surface area is 101 Å². The van der Waals surface area contributed by atoms with Gasteiger partial charge >= 0.3 is 0 Å². The van der Waals surface area contributed by atoms with Gasteiger partial charge in [0.25, 0.3) is 0 Å². The van der Waals surface area contributed by atoms with Crippen molar-refractivity contribution in [3.8, 4) is 0 Å². The highest BCUT2D eigenvalue weighted by Gasteiger charge is 2.13. The van der Waals surface area contributed by atoms with Gasteiger partial charge in [0.05, 0.1) is 6.04 Å². The van der Waals surface area contributed by atoms with Gasteiger partial charge in [0, 0.05) is 4.88 Å². The summed E-state index contributed by atoms with van der Waals surface area (Å²) in [5.41, 5.74) is 10.2. The maximum atomic E-state index is 6.32. The molecule has 1 atom stereocenters. The van der Waals surface area contributed by atoms with Gasteiger partial charge in [0.1, 0.15) is 0 Å². The number of nitrogens with two attached hydrogens (primary N) is 1. The Hall–Kier alpha value is -1.12. The third-order valence-corrected chi connectivity index (χ3v) is 3.89. The number of hydrogen-bond donors (Lipinski definition) is 1. The van der Waals surface area contributed by atoms with E-state index in [4.69, 9.17) is 5.73 Å². The molecule has 1 heterocycles. The SMILES string of the molecule is CCc1ccsc1C(N)c1cccc(C)c1. The molecule has 0 aliphatic heterocycles. The van der Waals surface area contributed by atoms with Gasteiger partial charge in [-0.1, -0.05) is 36.8 Å². The van der Waals surface area contributed by atoms with Crippen LogP contribution in [0.5, 0.6) is 0 Å². The third-order valence-electron chi connectivity index (χ3n) is 2.85. The van der Waals surface area contributed by atoms with Crippen molar-refractivity contribution in [2.75, 3.05) is 0 Å². The van der Waals surface area contributed by atoms with E-state index in [-0.39, 0.29) is 6.04 Å². The molecule has 0 aliphatic rings. The van der Waals surface area contributed by atoms with Crippen LogP contribution in [-0.2, 0) is 6.42 Å². The summed E-state index contributed by atoms with van der Waals surface area (Å²) in [6.45, 7) is 4.28. The van der Waals surface area contributed by atoms with E-state index in [1.165, 1.54) is 21.6 Å². The van der Waals surface area contributed by atoms with E-state index >= 15 is 0 Å². The van der Waals surface area contributed by atoms with Crippen LogP contribution in [0.4, 0.5) is 0 Å². The Balaban J connectivity index is 2.35. The average Bonchev–Trinajstić information content (AvgIpc) is 2.76. The highest BCUT2D eigenvalue weighted by molar-refractivity contribution is 7.10. The van der Waals surface area contributed by atoms with E-state index in [1.54, 1.807) is 11.3 Å². The van der Waals surface area contributed by atoms with E-state index in [0.717, 1.165) is 6.42 Å². The van der Waals surface area contributed by atoms with Crippen LogP contribution in [0.2, 0.25) is 0 Å². The van der Waals surface area contributed by atoms with Gasteiger partial charge in [-0.3, -0.25) is 0 Å². The minimum atomic E-state index is 0.0230. The zero-order valence-corrected chi connectivity index (χ0v) is 10.6. The lowest BCUT2D eigenvalue weighted by molar-refractivity contribution is 0.872. The van der Waals surface area contributed by atoms with Gasteiger partial charge in [-0.2, -0.15) is 0 Å². The summed E-state index contributed by atoms with van der Waals surface area (Å²) in [4.78, 5) is 1.30. The molecular formula is C14H17NS. The standard InChI is InChI=1S/C14H17NS/c1-3-11-7-8-16-14(11)13(15)12-6-4-5-10(2)9-12/h4-9,13H,3,15H2,1-2H3. The van der Waals surface area contributed by atoms with E-state index in [2.05, 4.69) is 49.6 Å². The fourth-order valence-electron chi connectivity index (χ4n) is 1.93. The van der Waals surface area contributed by atoms with Crippen molar-refractivity contribution in [3.63, 3.8) is 0 Å². The molecule has 0 spiro atoms. The highest BCUT2D eigenvalue weighted by Crippen LogP contribution is 2.28. The molecule has 1 nitrogen and oxygen atoms in total. The van der Waals surface area contributed by atoms with Crippen molar-refractivity contribution in [3.05, 3.63) is 57.3 Å². The lowest BCUT2D eigenvalue weighted by Gasteiger charge is -2.13. The fraction of sp³-hybridized carbons (Fsp3) is 0.286. The summed E-state index contributed by atoms with van der Waals surface area (Å²) < 4.78 is 0. The molecule has 1 aromatic heterocycles. The lowest BCUT2D eigenvalue weighted by Crippen LogP contribution is -2.11. The summed E-state index contributed by atoms with van der Waals surface area (Å²) in [6, 6.07) is 10.7. The van der Waals surface area contributed by atoms with Gasteiger partial charge in [-0.25, -0.2) is 0 Å². The molecule has 0 fully saturated rings.